The predicted molar refractivity (Wildman–Crippen MR) is 57.5 cm³/mol. The SMILES string of the molecule is FC(F)(F)C(F)(F)Cl.FCC(F)(F)Cl.FCCF.FCCF. The molecule has 0 saturated carbocycles. The lowest BCUT2D eigenvalue weighted by Gasteiger charge is -2.10. The third-order valence-corrected chi connectivity index (χ3v) is 0.931. The lowest BCUT2D eigenvalue weighted by molar-refractivity contribution is -0.241. The Morgan fingerprint density at radius 1 is 0.545 bits per heavy atom. The summed E-state index contributed by atoms with van der Waals surface area (Å²) in [5, 5.41) is -8.74. The Hall–Kier alpha value is -0.260. The second-order valence-electron chi connectivity index (χ2n) is 2.50. The van der Waals surface area contributed by atoms with Gasteiger partial charge in [0.15, 0.2) is 6.67 Å². The highest BCUT2D eigenvalue weighted by atomic mass is 35.5. The lowest BCUT2D eigenvalue weighted by atomic mass is 10.7. The lowest BCUT2D eigenvalue weighted by Crippen LogP contribution is -2.29. The van der Waals surface area contributed by atoms with Gasteiger partial charge in [0, 0.05) is 0 Å². The van der Waals surface area contributed by atoms with Crippen LogP contribution < -0.4 is 0 Å². The minimum Gasteiger partial charge on any atom is -0.248 e. The maximum Gasteiger partial charge on any atom is 0.469 e. The monoisotopic (exact) mass is 404 g/mol. The average molecular weight is 405 g/mol. The van der Waals surface area contributed by atoms with Crippen LogP contribution in [0.1, 0.15) is 0 Å². The molecule has 140 valence electrons. The van der Waals surface area contributed by atoms with Crippen molar-refractivity contribution in [1.82, 2.24) is 0 Å². The van der Waals surface area contributed by atoms with Crippen LogP contribution in [0.4, 0.5) is 52.7 Å². The molecule has 0 radical (unpaired) electrons. The van der Waals surface area contributed by atoms with Gasteiger partial charge in [0.05, 0.1) is 0 Å². The summed E-state index contributed by atoms with van der Waals surface area (Å²) in [5.41, 5.74) is 0. The topological polar surface area (TPSA) is 0 Å². The third kappa shape index (κ3) is 36.7. The fourth-order valence-electron chi connectivity index (χ4n) is 0. The number of hydrogen-bond donors (Lipinski definition) is 0. The zero-order chi connectivity index (χ0) is 19.0. The van der Waals surface area contributed by atoms with Crippen LogP contribution in [-0.4, -0.2) is 50.3 Å². The standard InChI is InChI=1S/C2ClF5.C2H2ClF3.2C2H4F2/c3-1(4,5)2(6,7)8;3-2(5,6)1-4;2*3-1-2-4/h;1H2;2*1-2H2. The summed E-state index contributed by atoms with van der Waals surface area (Å²) >= 11 is 7.56. The summed E-state index contributed by atoms with van der Waals surface area (Å²) in [6.45, 7) is -5.19. The van der Waals surface area contributed by atoms with Crippen molar-refractivity contribution in [2.24, 2.45) is 0 Å². The maximum atomic E-state index is 10.9. The summed E-state index contributed by atoms with van der Waals surface area (Å²) in [5.74, 6) is 0. The van der Waals surface area contributed by atoms with E-state index < -0.39 is 50.3 Å². The van der Waals surface area contributed by atoms with Crippen molar-refractivity contribution in [3.05, 3.63) is 0 Å². The van der Waals surface area contributed by atoms with Crippen molar-refractivity contribution < 1.29 is 52.7 Å². The first-order chi connectivity index (χ1) is 9.64. The number of alkyl halides is 14. The summed E-state index contributed by atoms with van der Waals surface area (Å²) in [6, 6.07) is 0. The van der Waals surface area contributed by atoms with Crippen molar-refractivity contribution >= 4 is 23.2 Å². The van der Waals surface area contributed by atoms with E-state index in [1.807, 2.05) is 0 Å². The van der Waals surface area contributed by atoms with Crippen LogP contribution >= 0.6 is 23.2 Å². The molecule has 0 aliphatic heterocycles. The van der Waals surface area contributed by atoms with Crippen molar-refractivity contribution in [2.45, 2.75) is 16.9 Å². The minimum atomic E-state index is -5.63. The van der Waals surface area contributed by atoms with E-state index in [0.29, 0.717) is 0 Å². The first-order valence-corrected chi connectivity index (χ1v) is 5.40. The van der Waals surface area contributed by atoms with E-state index in [2.05, 4.69) is 23.2 Å². The van der Waals surface area contributed by atoms with Gasteiger partial charge in [0.2, 0.25) is 0 Å². The molecule has 0 bridgehead atoms. The Morgan fingerprint density at radius 2 is 0.682 bits per heavy atom. The molecule has 0 aromatic heterocycles. The number of halogens is 14. The fraction of sp³-hybridized carbons (Fsp3) is 1.00. The quantitative estimate of drug-likeness (QED) is 0.398. The van der Waals surface area contributed by atoms with Gasteiger partial charge in [-0.25, -0.2) is 22.0 Å². The van der Waals surface area contributed by atoms with Gasteiger partial charge in [-0.2, -0.15) is 30.7 Å². The fourth-order valence-corrected chi connectivity index (χ4v) is 0. The summed E-state index contributed by atoms with van der Waals surface area (Å²) in [4.78, 5) is 0. The molecule has 0 aliphatic carbocycles. The zero-order valence-electron chi connectivity index (χ0n) is 10.3. The molecule has 0 unspecified atom stereocenters. The second kappa shape index (κ2) is 15.6. The van der Waals surface area contributed by atoms with E-state index in [9.17, 15) is 52.7 Å². The minimum absolute atomic E-state index is 0.847. The van der Waals surface area contributed by atoms with Crippen LogP contribution in [0.3, 0.4) is 0 Å². The molecule has 0 fully saturated rings. The highest BCUT2D eigenvalue weighted by Crippen LogP contribution is 2.38. The van der Waals surface area contributed by atoms with Gasteiger partial charge in [0.25, 0.3) is 0 Å². The van der Waals surface area contributed by atoms with Gasteiger partial charge in [-0.3, -0.25) is 0 Å². The first-order valence-electron chi connectivity index (χ1n) is 4.64. The second-order valence-corrected chi connectivity index (χ2v) is 3.53. The van der Waals surface area contributed by atoms with Crippen LogP contribution in [-0.2, 0) is 0 Å². The Labute approximate surface area is 127 Å². The van der Waals surface area contributed by atoms with Gasteiger partial charge in [-0.15, -0.1) is 0 Å². The van der Waals surface area contributed by atoms with E-state index in [-0.39, 0.29) is 0 Å². The van der Waals surface area contributed by atoms with E-state index in [0.717, 1.165) is 0 Å². The molecule has 0 rings (SSSR count). The molecular formula is C8H10Cl2F12. The molecule has 0 saturated heterocycles. The Bertz CT molecular complexity index is 189. The molecule has 0 N–H and O–H groups in total. The van der Waals surface area contributed by atoms with Crippen molar-refractivity contribution in [3.8, 4) is 0 Å². The molecule has 0 heterocycles. The van der Waals surface area contributed by atoms with Gasteiger partial charge in [-0.1, -0.05) is 0 Å². The first kappa shape index (κ1) is 29.7. The van der Waals surface area contributed by atoms with E-state index >= 15 is 0 Å². The van der Waals surface area contributed by atoms with Crippen molar-refractivity contribution in [3.63, 3.8) is 0 Å². The van der Waals surface area contributed by atoms with Gasteiger partial charge < -0.3 is 0 Å². The molecule has 0 aromatic rings. The molecule has 22 heavy (non-hydrogen) atoms. The molecule has 0 atom stereocenters. The molecule has 0 aromatic carbocycles. The summed E-state index contributed by atoms with van der Waals surface area (Å²) in [7, 11) is 0. The van der Waals surface area contributed by atoms with Crippen LogP contribution in [0, 0.1) is 0 Å². The summed E-state index contributed by atoms with van der Waals surface area (Å²) < 4.78 is 127. The highest BCUT2D eigenvalue weighted by molar-refractivity contribution is 6.22. The highest BCUT2D eigenvalue weighted by Gasteiger charge is 2.56. The van der Waals surface area contributed by atoms with E-state index in [1.54, 1.807) is 0 Å². The molecular weight excluding hydrogens is 395 g/mol. The van der Waals surface area contributed by atoms with Crippen LogP contribution in [0.15, 0.2) is 0 Å². The van der Waals surface area contributed by atoms with Gasteiger partial charge in [-0.05, 0) is 23.2 Å². The van der Waals surface area contributed by atoms with Crippen LogP contribution in [0.25, 0.3) is 0 Å². The molecule has 0 aliphatic rings. The van der Waals surface area contributed by atoms with Crippen LogP contribution in [0.2, 0.25) is 0 Å². The van der Waals surface area contributed by atoms with Gasteiger partial charge in [0.1, 0.15) is 26.7 Å². The molecule has 0 nitrogen and oxygen atoms in total. The van der Waals surface area contributed by atoms with Crippen LogP contribution in [0.5, 0.6) is 0 Å². The molecule has 14 heteroatoms. The number of hydrogen-bond acceptors (Lipinski definition) is 0. The summed E-state index contributed by atoms with van der Waals surface area (Å²) in [6.07, 6.45) is -5.63. The third-order valence-electron chi connectivity index (χ3n) is 0.616. The predicted octanol–water partition coefficient (Wildman–Crippen LogP) is 6.02. The average Bonchev–Trinajstić information content (AvgIpc) is 2.37. The largest absolute Gasteiger partial charge is 0.469 e. The smallest absolute Gasteiger partial charge is 0.248 e. The van der Waals surface area contributed by atoms with Crippen molar-refractivity contribution in [2.75, 3.05) is 33.4 Å². The molecule has 0 amide bonds. The Balaban J connectivity index is -0.000000103. The Morgan fingerprint density at radius 3 is 0.682 bits per heavy atom. The van der Waals surface area contributed by atoms with E-state index in [4.69, 9.17) is 0 Å². The maximum absolute atomic E-state index is 10.9. The van der Waals surface area contributed by atoms with E-state index in [1.165, 1.54) is 0 Å². The van der Waals surface area contributed by atoms with Gasteiger partial charge >= 0.3 is 16.9 Å². The molecule has 0 spiro atoms. The zero-order valence-corrected chi connectivity index (χ0v) is 11.8. The normalized spacial score (nSPS) is 11.2. The Kier molecular flexibility index (Phi) is 21.1. The number of rotatable bonds is 3. The van der Waals surface area contributed by atoms with Crippen molar-refractivity contribution in [1.29, 1.82) is 0 Å².